The number of imidazole rings is 1. The van der Waals surface area contributed by atoms with Crippen LogP contribution < -0.4 is 0 Å². The van der Waals surface area contributed by atoms with Crippen LogP contribution in [-0.4, -0.2) is 24.0 Å². The Morgan fingerprint density at radius 3 is 1.96 bits per heavy atom. The van der Waals surface area contributed by atoms with Gasteiger partial charge in [0, 0.05) is 66.4 Å². The topological polar surface area (TPSA) is 55.4 Å². The fraction of sp³-hybridized carbons (Fsp3) is 0.0400. The number of hydrogen-bond acceptors (Lipinski definition) is 3. The van der Waals surface area contributed by atoms with Gasteiger partial charge in [0.15, 0.2) is 0 Å². The van der Waals surface area contributed by atoms with Crippen LogP contribution in [0, 0.1) is 19.9 Å². The van der Waals surface area contributed by atoms with Crippen molar-refractivity contribution in [3.05, 3.63) is 187 Å². The number of aromatic hydroxyl groups is 1. The molecule has 0 radical (unpaired) electrons. The van der Waals surface area contributed by atoms with Gasteiger partial charge in [-0.25, -0.2) is 0 Å². The molecule has 0 unspecified atom stereocenters. The minimum absolute atomic E-state index is 0. The number of nitrogens with zero attached hydrogens (tertiary/aromatic N) is 4. The van der Waals surface area contributed by atoms with Crippen molar-refractivity contribution < 1.29 is 26.2 Å². The zero-order valence-corrected chi connectivity index (χ0v) is 33.0. The second-order valence-corrected chi connectivity index (χ2v) is 14.0. The van der Waals surface area contributed by atoms with Crippen LogP contribution in [0.1, 0.15) is 11.1 Å². The Kier molecular flexibility index (Phi) is 8.96. The molecule has 6 heteroatoms. The standard InChI is InChI=1S/C50H35N4O.Pt/c1-32-14-11-15-33(2)48(32)37-30-42(51-43(31-37)41-22-5-8-25-46(41)55)34-16-12-17-35(28-34)49-50(53-27-10-9-26-47(53)52-49)36-18-13-19-38(29-36)54-44-23-6-3-20-39(44)40-21-4-7-24-45(40)54;/h3-27,29-31,55H,1-2H3;/q-1;. The van der Waals surface area contributed by atoms with E-state index in [-0.39, 0.29) is 26.8 Å². The monoisotopic (exact) mass is 902 g/mol. The molecule has 6 aromatic carbocycles. The largest absolute Gasteiger partial charge is 0.507 e. The van der Waals surface area contributed by atoms with Crippen molar-refractivity contribution in [1.82, 2.24) is 18.9 Å². The maximum absolute atomic E-state index is 10.9. The first kappa shape index (κ1) is 35.2. The summed E-state index contributed by atoms with van der Waals surface area (Å²) in [6, 6.07) is 59.9. The van der Waals surface area contributed by atoms with Gasteiger partial charge < -0.3 is 14.1 Å². The number of aryl methyl sites for hydroxylation is 2. The Balaban J connectivity index is 0.00000410. The van der Waals surface area contributed by atoms with Crippen LogP contribution in [0.4, 0.5) is 0 Å². The summed E-state index contributed by atoms with van der Waals surface area (Å²) in [6.45, 7) is 4.27. The van der Waals surface area contributed by atoms with E-state index in [4.69, 9.17) is 9.97 Å². The fourth-order valence-corrected chi connectivity index (χ4v) is 8.12. The van der Waals surface area contributed by atoms with E-state index in [1.165, 1.54) is 32.9 Å². The van der Waals surface area contributed by atoms with E-state index >= 15 is 0 Å². The summed E-state index contributed by atoms with van der Waals surface area (Å²) in [4.78, 5) is 10.4. The summed E-state index contributed by atoms with van der Waals surface area (Å²) < 4.78 is 4.51. The molecule has 0 aliphatic carbocycles. The van der Waals surface area contributed by atoms with Gasteiger partial charge in [0.25, 0.3) is 0 Å². The zero-order valence-electron chi connectivity index (χ0n) is 30.7. The first-order valence-corrected chi connectivity index (χ1v) is 18.5. The molecule has 5 nitrogen and oxygen atoms in total. The van der Waals surface area contributed by atoms with Crippen LogP contribution in [0.25, 0.3) is 89.3 Å². The van der Waals surface area contributed by atoms with Crippen LogP contribution in [0.3, 0.4) is 0 Å². The van der Waals surface area contributed by atoms with E-state index in [1.807, 2.05) is 42.5 Å². The normalized spacial score (nSPS) is 11.3. The molecule has 0 atom stereocenters. The molecule has 1 N–H and O–H groups in total. The molecular formula is C50H35N4OPt-. The summed E-state index contributed by atoms with van der Waals surface area (Å²) >= 11 is 0. The van der Waals surface area contributed by atoms with Crippen LogP contribution >= 0.6 is 0 Å². The van der Waals surface area contributed by atoms with Crippen LogP contribution in [0.2, 0.25) is 0 Å². The van der Waals surface area contributed by atoms with Crippen molar-refractivity contribution in [3.63, 3.8) is 0 Å². The molecule has 56 heavy (non-hydrogen) atoms. The first-order chi connectivity index (χ1) is 27.0. The number of phenols is 1. The van der Waals surface area contributed by atoms with Gasteiger partial charge in [-0.3, -0.25) is 9.97 Å². The number of para-hydroxylation sites is 3. The van der Waals surface area contributed by atoms with Crippen molar-refractivity contribution >= 4 is 27.5 Å². The SMILES string of the molecule is Cc1cccc(C)c1-c1cc(-c2[c-]c(-c3nc4ccccn4c3-c3cccc(-n4c5ccccc5c5ccccc54)c3)ccc2)nc(-c2ccccc2O)c1.[Pt]. The van der Waals surface area contributed by atoms with Crippen molar-refractivity contribution in [3.8, 4) is 67.6 Å². The molecule has 0 saturated carbocycles. The maximum atomic E-state index is 10.9. The number of rotatable bonds is 6. The Morgan fingerprint density at radius 1 is 0.554 bits per heavy atom. The summed E-state index contributed by atoms with van der Waals surface area (Å²) in [5.41, 5.74) is 15.5. The second kappa shape index (κ2) is 14.3. The van der Waals surface area contributed by atoms with Gasteiger partial charge in [0.2, 0.25) is 0 Å². The van der Waals surface area contributed by atoms with Crippen molar-refractivity contribution in [1.29, 1.82) is 0 Å². The molecule has 0 spiro atoms. The van der Waals surface area contributed by atoms with E-state index in [1.54, 1.807) is 6.07 Å². The molecule has 4 aromatic heterocycles. The predicted molar refractivity (Wildman–Crippen MR) is 224 cm³/mol. The van der Waals surface area contributed by atoms with E-state index in [0.717, 1.165) is 56.2 Å². The van der Waals surface area contributed by atoms with Crippen molar-refractivity contribution in [2.24, 2.45) is 0 Å². The Hall–Kier alpha value is -6.55. The van der Waals surface area contributed by atoms with E-state index in [0.29, 0.717) is 11.3 Å². The molecule has 10 aromatic rings. The summed E-state index contributed by atoms with van der Waals surface area (Å²) in [6.07, 6.45) is 2.08. The summed E-state index contributed by atoms with van der Waals surface area (Å²) in [5, 5.41) is 13.4. The molecule has 0 amide bonds. The second-order valence-electron chi connectivity index (χ2n) is 14.0. The van der Waals surface area contributed by atoms with Gasteiger partial charge in [0.05, 0.1) is 16.7 Å². The van der Waals surface area contributed by atoms with E-state index in [9.17, 15) is 5.11 Å². The molecule has 272 valence electrons. The summed E-state index contributed by atoms with van der Waals surface area (Å²) in [5.74, 6) is 0.190. The first-order valence-electron chi connectivity index (χ1n) is 18.5. The summed E-state index contributed by atoms with van der Waals surface area (Å²) in [7, 11) is 0. The number of pyridine rings is 2. The average Bonchev–Trinajstić information content (AvgIpc) is 3.78. The molecular weight excluding hydrogens is 868 g/mol. The van der Waals surface area contributed by atoms with Gasteiger partial charge in [-0.15, -0.1) is 24.3 Å². The molecule has 10 rings (SSSR count). The number of aromatic nitrogens is 4. The molecule has 0 fully saturated rings. The Bertz CT molecular complexity index is 3030. The average molecular weight is 903 g/mol. The molecule has 4 heterocycles. The molecule has 0 saturated heterocycles. The third-order valence-corrected chi connectivity index (χ3v) is 10.6. The smallest absolute Gasteiger partial charge is 0.129 e. The van der Waals surface area contributed by atoms with Crippen LogP contribution in [0.5, 0.6) is 5.75 Å². The molecule has 0 aliphatic heterocycles. The third-order valence-electron chi connectivity index (χ3n) is 10.6. The number of hydrogen-bond donors (Lipinski definition) is 1. The van der Waals surface area contributed by atoms with Crippen molar-refractivity contribution in [2.75, 3.05) is 0 Å². The minimum atomic E-state index is 0. The number of benzene rings is 6. The zero-order chi connectivity index (χ0) is 37.0. The molecule has 0 aliphatic rings. The minimum Gasteiger partial charge on any atom is -0.507 e. The van der Waals surface area contributed by atoms with Crippen molar-refractivity contribution in [2.45, 2.75) is 13.8 Å². The van der Waals surface area contributed by atoms with Gasteiger partial charge in [-0.2, -0.15) is 0 Å². The Labute approximate surface area is 339 Å². The maximum Gasteiger partial charge on any atom is 0.129 e. The van der Waals surface area contributed by atoms with Gasteiger partial charge in [-0.1, -0.05) is 102 Å². The van der Waals surface area contributed by atoms with Crippen LogP contribution in [-0.2, 0) is 21.1 Å². The van der Waals surface area contributed by atoms with Gasteiger partial charge >= 0.3 is 0 Å². The van der Waals surface area contributed by atoms with E-state index < -0.39 is 0 Å². The number of fused-ring (bicyclic) bond motifs is 4. The van der Waals surface area contributed by atoms with Crippen LogP contribution in [0.15, 0.2) is 170 Å². The number of phenolic OH excluding ortho intramolecular Hbond substituents is 1. The predicted octanol–water partition coefficient (Wildman–Crippen LogP) is 12.3. The van der Waals surface area contributed by atoms with Gasteiger partial charge in [-0.05, 0) is 96.3 Å². The quantitative estimate of drug-likeness (QED) is 0.169. The Morgan fingerprint density at radius 2 is 1.20 bits per heavy atom. The van der Waals surface area contributed by atoms with E-state index in [2.05, 4.69) is 150 Å². The molecule has 0 bridgehead atoms. The third kappa shape index (κ3) is 5.92. The fourth-order valence-electron chi connectivity index (χ4n) is 8.12. The van der Waals surface area contributed by atoms with Gasteiger partial charge in [0.1, 0.15) is 11.4 Å².